The Morgan fingerprint density at radius 1 is 1.15 bits per heavy atom. The fraction of sp³-hybridized carbons (Fsp3) is 0.188. The molecule has 0 bridgehead atoms. The molecule has 2 aromatic rings. The monoisotopic (exact) mass is 273 g/mol. The molecule has 4 heteroatoms. The molecule has 2 rings (SSSR count). The SMILES string of the molecule is Cc1ccccc1NC(=O)C(C)Oc1ccc(F)cc1. The zero-order chi connectivity index (χ0) is 14.5. The molecule has 0 radical (unpaired) electrons. The van der Waals surface area contributed by atoms with Gasteiger partial charge in [0.15, 0.2) is 6.10 Å². The lowest BCUT2D eigenvalue weighted by molar-refractivity contribution is -0.122. The summed E-state index contributed by atoms with van der Waals surface area (Å²) < 4.78 is 18.2. The summed E-state index contributed by atoms with van der Waals surface area (Å²) in [6.07, 6.45) is -0.667. The summed E-state index contributed by atoms with van der Waals surface area (Å²) in [5.74, 6) is -0.128. The first kappa shape index (κ1) is 14.1. The molecule has 0 aromatic heterocycles. The van der Waals surface area contributed by atoms with Crippen molar-refractivity contribution in [1.29, 1.82) is 0 Å². The van der Waals surface area contributed by atoms with Crippen LogP contribution < -0.4 is 10.1 Å². The van der Waals surface area contributed by atoms with E-state index in [0.717, 1.165) is 11.3 Å². The predicted molar refractivity (Wildman–Crippen MR) is 76.3 cm³/mol. The topological polar surface area (TPSA) is 38.3 Å². The number of rotatable bonds is 4. The maximum atomic E-state index is 12.8. The van der Waals surface area contributed by atoms with Gasteiger partial charge in [0.2, 0.25) is 0 Å². The third-order valence-corrected chi connectivity index (χ3v) is 2.90. The van der Waals surface area contributed by atoms with Crippen molar-refractivity contribution >= 4 is 11.6 Å². The van der Waals surface area contributed by atoms with Crippen molar-refractivity contribution in [2.24, 2.45) is 0 Å². The zero-order valence-electron chi connectivity index (χ0n) is 11.4. The van der Waals surface area contributed by atoms with Gasteiger partial charge in [0.1, 0.15) is 11.6 Å². The van der Waals surface area contributed by atoms with Crippen LogP contribution in [0.1, 0.15) is 12.5 Å². The summed E-state index contributed by atoms with van der Waals surface area (Å²) in [7, 11) is 0. The quantitative estimate of drug-likeness (QED) is 0.925. The van der Waals surface area contributed by atoms with Gasteiger partial charge in [0.25, 0.3) is 5.91 Å². The highest BCUT2D eigenvalue weighted by Crippen LogP contribution is 2.16. The Hall–Kier alpha value is -2.36. The van der Waals surface area contributed by atoms with Crippen LogP contribution in [0.25, 0.3) is 0 Å². The Labute approximate surface area is 117 Å². The van der Waals surface area contributed by atoms with Crippen molar-refractivity contribution < 1.29 is 13.9 Å². The Morgan fingerprint density at radius 3 is 2.45 bits per heavy atom. The highest BCUT2D eigenvalue weighted by atomic mass is 19.1. The molecule has 0 fully saturated rings. The second-order valence-corrected chi connectivity index (χ2v) is 4.52. The van der Waals surface area contributed by atoms with E-state index in [1.165, 1.54) is 24.3 Å². The van der Waals surface area contributed by atoms with E-state index in [9.17, 15) is 9.18 Å². The average molecular weight is 273 g/mol. The lowest BCUT2D eigenvalue weighted by Gasteiger charge is -2.15. The molecular formula is C16H16FNO2. The lowest BCUT2D eigenvalue weighted by Crippen LogP contribution is -2.30. The molecule has 1 amide bonds. The van der Waals surface area contributed by atoms with E-state index in [0.29, 0.717) is 5.75 Å². The standard InChI is InChI=1S/C16H16FNO2/c1-11-5-3-4-6-15(11)18-16(19)12(2)20-14-9-7-13(17)8-10-14/h3-10,12H,1-2H3,(H,18,19). The van der Waals surface area contributed by atoms with Crippen LogP contribution in [0.4, 0.5) is 10.1 Å². The maximum absolute atomic E-state index is 12.8. The zero-order valence-corrected chi connectivity index (χ0v) is 11.4. The summed E-state index contributed by atoms with van der Waals surface area (Å²) in [5, 5.41) is 2.80. The minimum Gasteiger partial charge on any atom is -0.481 e. The Kier molecular flexibility index (Phi) is 4.35. The van der Waals surface area contributed by atoms with Gasteiger partial charge in [0, 0.05) is 5.69 Å². The predicted octanol–water partition coefficient (Wildman–Crippen LogP) is 3.54. The summed E-state index contributed by atoms with van der Waals surface area (Å²) in [6.45, 7) is 3.57. The first-order chi connectivity index (χ1) is 9.56. The van der Waals surface area contributed by atoms with Crippen LogP contribution in [0, 0.1) is 12.7 Å². The summed E-state index contributed by atoms with van der Waals surface area (Å²) >= 11 is 0. The Morgan fingerprint density at radius 2 is 1.80 bits per heavy atom. The Balaban J connectivity index is 1.99. The van der Waals surface area contributed by atoms with E-state index >= 15 is 0 Å². The van der Waals surface area contributed by atoms with Gasteiger partial charge < -0.3 is 10.1 Å². The van der Waals surface area contributed by atoms with Gasteiger partial charge in [0.05, 0.1) is 0 Å². The molecule has 0 aliphatic rings. The summed E-state index contributed by atoms with van der Waals surface area (Å²) in [6, 6.07) is 13.1. The second kappa shape index (κ2) is 6.19. The molecule has 3 nitrogen and oxygen atoms in total. The number of aryl methyl sites for hydroxylation is 1. The number of ether oxygens (including phenoxy) is 1. The fourth-order valence-electron chi connectivity index (χ4n) is 1.72. The highest BCUT2D eigenvalue weighted by Gasteiger charge is 2.15. The van der Waals surface area contributed by atoms with Crippen LogP contribution in [0.5, 0.6) is 5.75 Å². The molecule has 0 aliphatic carbocycles. The number of carbonyl (C=O) groups is 1. The van der Waals surface area contributed by atoms with E-state index in [2.05, 4.69) is 5.32 Å². The van der Waals surface area contributed by atoms with Crippen molar-refractivity contribution in [3.63, 3.8) is 0 Å². The molecule has 1 atom stereocenters. The minimum absolute atomic E-state index is 0.247. The van der Waals surface area contributed by atoms with Gasteiger partial charge in [-0.25, -0.2) is 4.39 Å². The highest BCUT2D eigenvalue weighted by molar-refractivity contribution is 5.94. The smallest absolute Gasteiger partial charge is 0.265 e. The van der Waals surface area contributed by atoms with Gasteiger partial charge >= 0.3 is 0 Å². The van der Waals surface area contributed by atoms with Crippen molar-refractivity contribution in [1.82, 2.24) is 0 Å². The third kappa shape index (κ3) is 3.57. The van der Waals surface area contributed by atoms with Crippen molar-refractivity contribution in [2.45, 2.75) is 20.0 Å². The van der Waals surface area contributed by atoms with Crippen LogP contribution in [0.3, 0.4) is 0 Å². The van der Waals surface area contributed by atoms with Gasteiger partial charge in [-0.05, 0) is 49.7 Å². The molecule has 1 N–H and O–H groups in total. The molecule has 0 heterocycles. The summed E-state index contributed by atoms with van der Waals surface area (Å²) in [5.41, 5.74) is 1.74. The van der Waals surface area contributed by atoms with E-state index in [-0.39, 0.29) is 11.7 Å². The number of hydrogen-bond acceptors (Lipinski definition) is 2. The van der Waals surface area contributed by atoms with Crippen LogP contribution in [0.15, 0.2) is 48.5 Å². The molecular weight excluding hydrogens is 257 g/mol. The number of carbonyl (C=O) groups excluding carboxylic acids is 1. The summed E-state index contributed by atoms with van der Waals surface area (Å²) in [4.78, 5) is 12.0. The maximum Gasteiger partial charge on any atom is 0.265 e. The van der Waals surface area contributed by atoms with Gasteiger partial charge in [-0.15, -0.1) is 0 Å². The third-order valence-electron chi connectivity index (χ3n) is 2.90. The molecule has 2 aromatic carbocycles. The molecule has 104 valence electrons. The molecule has 0 saturated heterocycles. The van der Waals surface area contributed by atoms with Crippen LogP contribution in [-0.4, -0.2) is 12.0 Å². The van der Waals surface area contributed by atoms with Crippen LogP contribution in [0.2, 0.25) is 0 Å². The van der Waals surface area contributed by atoms with Crippen LogP contribution in [-0.2, 0) is 4.79 Å². The normalized spacial score (nSPS) is 11.8. The van der Waals surface area contributed by atoms with Gasteiger partial charge in [-0.3, -0.25) is 4.79 Å². The number of halogens is 1. The molecule has 0 saturated carbocycles. The van der Waals surface area contributed by atoms with Gasteiger partial charge in [-0.2, -0.15) is 0 Å². The fourth-order valence-corrected chi connectivity index (χ4v) is 1.72. The number of nitrogens with one attached hydrogen (secondary N) is 1. The number of anilines is 1. The lowest BCUT2D eigenvalue weighted by atomic mass is 10.2. The molecule has 1 unspecified atom stereocenters. The first-order valence-corrected chi connectivity index (χ1v) is 6.35. The van der Waals surface area contributed by atoms with E-state index in [4.69, 9.17) is 4.74 Å². The minimum atomic E-state index is -0.667. The van der Waals surface area contributed by atoms with Crippen LogP contribution >= 0.6 is 0 Å². The van der Waals surface area contributed by atoms with E-state index in [1.54, 1.807) is 6.92 Å². The first-order valence-electron chi connectivity index (χ1n) is 6.35. The largest absolute Gasteiger partial charge is 0.481 e. The average Bonchev–Trinajstić information content (AvgIpc) is 2.44. The number of hydrogen-bond donors (Lipinski definition) is 1. The molecule has 0 aliphatic heterocycles. The number of benzene rings is 2. The van der Waals surface area contributed by atoms with E-state index in [1.807, 2.05) is 31.2 Å². The van der Waals surface area contributed by atoms with Crippen molar-refractivity contribution in [3.05, 3.63) is 59.9 Å². The second-order valence-electron chi connectivity index (χ2n) is 4.52. The number of para-hydroxylation sites is 1. The molecule has 0 spiro atoms. The molecule has 20 heavy (non-hydrogen) atoms. The van der Waals surface area contributed by atoms with Crippen molar-refractivity contribution in [3.8, 4) is 5.75 Å². The number of amides is 1. The van der Waals surface area contributed by atoms with E-state index < -0.39 is 6.10 Å². The van der Waals surface area contributed by atoms with Gasteiger partial charge in [-0.1, -0.05) is 18.2 Å². The Bertz CT molecular complexity index is 596. The van der Waals surface area contributed by atoms with Crippen molar-refractivity contribution in [2.75, 3.05) is 5.32 Å².